The molecule has 0 radical (unpaired) electrons. The summed E-state index contributed by atoms with van der Waals surface area (Å²) in [5.74, 6) is -0.0159. The van der Waals surface area contributed by atoms with E-state index in [-0.39, 0.29) is 35.7 Å². The number of aromatic nitrogens is 1. The number of piperidine rings is 1. The number of nitrogens with zero attached hydrogens (tertiary/aromatic N) is 5. The normalized spacial score (nSPS) is 17.7. The van der Waals surface area contributed by atoms with Gasteiger partial charge in [-0.05, 0) is 67.7 Å². The van der Waals surface area contributed by atoms with Crippen LogP contribution >= 0.6 is 0 Å². The zero-order valence-corrected chi connectivity index (χ0v) is 22.8. The molecule has 0 saturated carbocycles. The summed E-state index contributed by atoms with van der Waals surface area (Å²) in [6.45, 7) is 2.44. The van der Waals surface area contributed by atoms with Crippen LogP contribution in [0.2, 0.25) is 0 Å². The van der Waals surface area contributed by atoms with E-state index in [1.54, 1.807) is 0 Å². The lowest BCUT2D eigenvalue weighted by atomic mass is 9.98. The average Bonchev–Trinajstić information content (AvgIpc) is 3.34. The molecule has 0 amide bonds. The van der Waals surface area contributed by atoms with Crippen molar-refractivity contribution in [2.45, 2.75) is 70.3 Å². The zero-order chi connectivity index (χ0) is 30.9. The summed E-state index contributed by atoms with van der Waals surface area (Å²) in [6.07, 6.45) is -10.7. The first-order valence-corrected chi connectivity index (χ1v) is 13.2. The van der Waals surface area contributed by atoms with Gasteiger partial charge in [-0.1, -0.05) is 13.3 Å². The van der Waals surface area contributed by atoms with Crippen LogP contribution < -0.4 is 11.0 Å². The number of likely N-dealkylation sites (tertiary alicyclic amines) is 1. The summed E-state index contributed by atoms with van der Waals surface area (Å²) in [5.41, 5.74) is 1.37. The number of rotatable bonds is 7. The van der Waals surface area contributed by atoms with Crippen molar-refractivity contribution in [2.75, 3.05) is 20.1 Å². The molecule has 0 spiro atoms. The second kappa shape index (κ2) is 12.1. The number of pyridine rings is 1. The molecule has 2 aliphatic rings. The topological polar surface area (TPSA) is 59.0 Å². The molecule has 1 unspecified atom stereocenters. The maximum Gasteiger partial charge on any atom is 0.417 e. The highest BCUT2D eigenvalue weighted by atomic mass is 19.4. The van der Waals surface area contributed by atoms with Crippen LogP contribution in [0.15, 0.2) is 35.6 Å². The minimum absolute atomic E-state index is 0.0159. The molecule has 42 heavy (non-hydrogen) atoms. The molecule has 2 aromatic rings. The zero-order valence-electron chi connectivity index (χ0n) is 22.8. The van der Waals surface area contributed by atoms with Crippen LogP contribution in [-0.4, -0.2) is 46.0 Å². The molecule has 2 N–H and O–H groups in total. The molecule has 232 valence electrons. The minimum Gasteiger partial charge on any atom is -0.332 e. The molecule has 0 aliphatic carbocycles. The molecule has 1 fully saturated rings. The van der Waals surface area contributed by atoms with Gasteiger partial charge < -0.3 is 4.90 Å². The van der Waals surface area contributed by atoms with Crippen molar-refractivity contribution >= 4 is 5.96 Å². The summed E-state index contributed by atoms with van der Waals surface area (Å²) in [4.78, 5) is 7.62. The van der Waals surface area contributed by atoms with Gasteiger partial charge in [-0.2, -0.15) is 39.5 Å². The number of hydrazine groups is 2. The van der Waals surface area contributed by atoms with Gasteiger partial charge in [-0.15, -0.1) is 10.6 Å². The molecule has 1 aromatic heterocycles. The number of benzene rings is 1. The molecule has 0 bridgehead atoms. The largest absolute Gasteiger partial charge is 0.417 e. The lowest BCUT2D eigenvalue weighted by Crippen LogP contribution is -2.44. The fourth-order valence-electron chi connectivity index (χ4n) is 5.16. The number of halogens is 9. The van der Waals surface area contributed by atoms with E-state index in [9.17, 15) is 39.5 Å². The molecule has 1 saturated heterocycles. The second-order valence-corrected chi connectivity index (χ2v) is 10.2. The Hall–Kier alpha value is -3.27. The molecule has 3 heterocycles. The van der Waals surface area contributed by atoms with Gasteiger partial charge in [0.1, 0.15) is 0 Å². The maximum atomic E-state index is 13.8. The van der Waals surface area contributed by atoms with Crippen LogP contribution in [0.25, 0.3) is 0 Å². The molecule has 2 aliphatic heterocycles. The number of nitrogens with one attached hydrogen (secondary N) is 2. The van der Waals surface area contributed by atoms with E-state index in [4.69, 9.17) is 0 Å². The third-order valence-electron chi connectivity index (χ3n) is 7.12. The Morgan fingerprint density at radius 2 is 1.43 bits per heavy atom. The number of hydrogen-bond donors (Lipinski definition) is 2. The first-order chi connectivity index (χ1) is 19.6. The summed E-state index contributed by atoms with van der Waals surface area (Å²) in [5, 5.41) is 5.33. The molecular weight excluding hydrogens is 581 g/mol. The highest BCUT2D eigenvalue weighted by Crippen LogP contribution is 2.38. The lowest BCUT2D eigenvalue weighted by Gasteiger charge is -2.35. The molecule has 16 heteroatoms. The van der Waals surface area contributed by atoms with Crippen LogP contribution in [0, 0.1) is 0 Å². The van der Waals surface area contributed by atoms with E-state index in [1.165, 1.54) is 17.1 Å². The maximum absolute atomic E-state index is 13.8. The van der Waals surface area contributed by atoms with Crippen LogP contribution in [0.5, 0.6) is 0 Å². The smallest absolute Gasteiger partial charge is 0.332 e. The van der Waals surface area contributed by atoms with Gasteiger partial charge >= 0.3 is 18.5 Å². The summed E-state index contributed by atoms with van der Waals surface area (Å²) in [7, 11) is 1.48. The van der Waals surface area contributed by atoms with Gasteiger partial charge in [0, 0.05) is 26.3 Å². The number of alkyl halides is 9. The molecule has 1 aromatic carbocycles. The predicted octanol–water partition coefficient (Wildman–Crippen LogP) is 6.30. The molecule has 4 rings (SSSR count). The van der Waals surface area contributed by atoms with Gasteiger partial charge in [-0.3, -0.25) is 15.3 Å². The van der Waals surface area contributed by atoms with Crippen LogP contribution in [0.1, 0.15) is 72.2 Å². The summed E-state index contributed by atoms with van der Waals surface area (Å²) < 4.78 is 122. The van der Waals surface area contributed by atoms with Crippen molar-refractivity contribution in [1.29, 1.82) is 0 Å². The average molecular weight is 612 g/mol. The number of hydrogen-bond acceptors (Lipinski definition) is 7. The van der Waals surface area contributed by atoms with Gasteiger partial charge in [0.25, 0.3) is 0 Å². The van der Waals surface area contributed by atoms with E-state index >= 15 is 0 Å². The van der Waals surface area contributed by atoms with E-state index in [2.05, 4.69) is 25.9 Å². The standard InChI is InChI=1S/C26H30F9N7/c1-3-21(41-7-5-4-6-8-41)22-17(11-20(13-36-22)26(33,34)35)15-42(23-37-39-40(2)38-23)14-16-9-18(24(27,28)29)12-19(10-16)25(30,31)32/h9-13,21,39H,3-8,14-15H2,1-2H3,(H,37,38). The third kappa shape index (κ3) is 7.56. The Morgan fingerprint density at radius 1 is 0.833 bits per heavy atom. The lowest BCUT2D eigenvalue weighted by molar-refractivity contribution is -0.143. The third-order valence-corrected chi connectivity index (χ3v) is 7.12. The first-order valence-electron chi connectivity index (χ1n) is 13.2. The van der Waals surface area contributed by atoms with Crippen LogP contribution in [-0.2, 0) is 31.6 Å². The molecular formula is C26H30F9N7. The summed E-state index contributed by atoms with van der Waals surface area (Å²) >= 11 is 0. The highest BCUT2D eigenvalue weighted by molar-refractivity contribution is 5.80. The van der Waals surface area contributed by atoms with Crippen molar-refractivity contribution in [3.05, 3.63) is 64.0 Å². The first kappa shape index (κ1) is 31.7. The second-order valence-electron chi connectivity index (χ2n) is 10.2. The Kier molecular flexibility index (Phi) is 9.16. The Labute approximate surface area is 236 Å². The fourth-order valence-corrected chi connectivity index (χ4v) is 5.16. The van der Waals surface area contributed by atoms with E-state index in [0.29, 0.717) is 24.2 Å². The van der Waals surface area contributed by atoms with Crippen molar-refractivity contribution in [3.8, 4) is 0 Å². The van der Waals surface area contributed by atoms with E-state index < -0.39 is 41.8 Å². The predicted molar refractivity (Wildman–Crippen MR) is 135 cm³/mol. The quantitative estimate of drug-likeness (QED) is 0.359. The van der Waals surface area contributed by atoms with E-state index in [1.807, 2.05) is 6.92 Å². The van der Waals surface area contributed by atoms with E-state index in [0.717, 1.165) is 44.6 Å². The minimum atomic E-state index is -5.06. The van der Waals surface area contributed by atoms with Gasteiger partial charge in [0.2, 0.25) is 5.96 Å². The van der Waals surface area contributed by atoms with Gasteiger partial charge in [0.15, 0.2) is 0 Å². The Morgan fingerprint density at radius 3 is 1.93 bits per heavy atom. The van der Waals surface area contributed by atoms with Crippen molar-refractivity contribution in [3.63, 3.8) is 0 Å². The monoisotopic (exact) mass is 611 g/mol. The SMILES string of the molecule is CCC(c1ncc(C(F)(F)F)cc1CN(Cc1cc(C(F)(F)F)cc(C(F)(F)F)c1)C1=NN(C)NN1)N1CCCCC1. The van der Waals surface area contributed by atoms with Crippen LogP contribution in [0.4, 0.5) is 39.5 Å². The Bertz CT molecular complexity index is 1240. The van der Waals surface area contributed by atoms with Gasteiger partial charge in [-0.25, -0.2) is 5.12 Å². The molecule has 7 nitrogen and oxygen atoms in total. The molecule has 1 atom stereocenters. The van der Waals surface area contributed by atoms with Crippen molar-refractivity contribution in [1.82, 2.24) is 30.9 Å². The number of hydrazone groups is 1. The van der Waals surface area contributed by atoms with Crippen molar-refractivity contribution in [2.24, 2.45) is 5.10 Å². The van der Waals surface area contributed by atoms with Crippen molar-refractivity contribution < 1.29 is 39.5 Å². The number of guanidine groups is 1. The highest BCUT2D eigenvalue weighted by Gasteiger charge is 2.38. The van der Waals surface area contributed by atoms with Crippen LogP contribution in [0.3, 0.4) is 0 Å². The fraction of sp³-hybridized carbons (Fsp3) is 0.538. The van der Waals surface area contributed by atoms with Gasteiger partial charge in [0.05, 0.1) is 28.4 Å². The summed E-state index contributed by atoms with van der Waals surface area (Å²) in [6, 6.07) is 1.79. The Balaban J connectivity index is 1.79.